The van der Waals surface area contributed by atoms with Crippen molar-refractivity contribution in [2.75, 3.05) is 20.8 Å². The predicted octanol–water partition coefficient (Wildman–Crippen LogP) is 1.33. The maximum Gasteiger partial charge on any atom is 0.161 e. The fourth-order valence-electron chi connectivity index (χ4n) is 1.49. The van der Waals surface area contributed by atoms with Crippen LogP contribution < -0.4 is 15.2 Å². The quantitative estimate of drug-likeness (QED) is 0.793. The van der Waals surface area contributed by atoms with Gasteiger partial charge in [0.15, 0.2) is 11.5 Å². The average molecular weight is 225 g/mol. The van der Waals surface area contributed by atoms with E-state index in [0.717, 1.165) is 5.56 Å². The van der Waals surface area contributed by atoms with Crippen LogP contribution in [0.4, 0.5) is 0 Å². The molecule has 0 heterocycles. The van der Waals surface area contributed by atoms with Crippen LogP contribution in [0.15, 0.2) is 18.2 Å². The lowest BCUT2D eigenvalue weighted by Crippen LogP contribution is -2.18. The SMILES string of the molecule is COc1ccc(C(O)C(C)CN)cc1OC. The number of hydrogen-bond acceptors (Lipinski definition) is 4. The normalized spacial score (nSPS) is 14.3. The molecule has 1 rings (SSSR count). The lowest BCUT2D eigenvalue weighted by atomic mass is 9.97. The molecule has 0 aromatic heterocycles. The van der Waals surface area contributed by atoms with Gasteiger partial charge in [0.1, 0.15) is 0 Å². The van der Waals surface area contributed by atoms with E-state index in [1.165, 1.54) is 0 Å². The van der Waals surface area contributed by atoms with Crippen molar-refractivity contribution in [3.8, 4) is 11.5 Å². The Kier molecular flexibility index (Phi) is 4.58. The van der Waals surface area contributed by atoms with E-state index in [1.807, 2.05) is 13.0 Å². The molecule has 0 amide bonds. The summed E-state index contributed by atoms with van der Waals surface area (Å²) in [7, 11) is 3.15. The number of aliphatic hydroxyl groups excluding tert-OH is 1. The summed E-state index contributed by atoms with van der Waals surface area (Å²) in [6, 6.07) is 5.37. The highest BCUT2D eigenvalue weighted by molar-refractivity contribution is 5.43. The molecular formula is C12H19NO3. The summed E-state index contributed by atoms with van der Waals surface area (Å²) < 4.78 is 10.3. The van der Waals surface area contributed by atoms with E-state index in [2.05, 4.69) is 0 Å². The number of rotatable bonds is 5. The topological polar surface area (TPSA) is 64.7 Å². The zero-order valence-electron chi connectivity index (χ0n) is 9.93. The van der Waals surface area contributed by atoms with E-state index in [1.54, 1.807) is 26.4 Å². The van der Waals surface area contributed by atoms with E-state index >= 15 is 0 Å². The van der Waals surface area contributed by atoms with E-state index in [4.69, 9.17) is 15.2 Å². The van der Waals surface area contributed by atoms with Gasteiger partial charge in [-0.2, -0.15) is 0 Å². The van der Waals surface area contributed by atoms with Crippen molar-refractivity contribution in [2.24, 2.45) is 11.7 Å². The number of nitrogens with two attached hydrogens (primary N) is 1. The number of benzene rings is 1. The van der Waals surface area contributed by atoms with Crippen LogP contribution in [0.1, 0.15) is 18.6 Å². The van der Waals surface area contributed by atoms with Crippen molar-refractivity contribution in [1.82, 2.24) is 0 Å². The summed E-state index contributed by atoms with van der Waals surface area (Å²) in [5.41, 5.74) is 6.31. The van der Waals surface area contributed by atoms with Gasteiger partial charge in [0, 0.05) is 0 Å². The Morgan fingerprint density at radius 1 is 1.25 bits per heavy atom. The number of ether oxygens (including phenoxy) is 2. The summed E-state index contributed by atoms with van der Waals surface area (Å²) >= 11 is 0. The molecule has 90 valence electrons. The highest BCUT2D eigenvalue weighted by atomic mass is 16.5. The van der Waals surface area contributed by atoms with Crippen molar-refractivity contribution in [3.05, 3.63) is 23.8 Å². The fourth-order valence-corrected chi connectivity index (χ4v) is 1.49. The highest BCUT2D eigenvalue weighted by Gasteiger charge is 2.16. The van der Waals surface area contributed by atoms with Crippen molar-refractivity contribution in [2.45, 2.75) is 13.0 Å². The van der Waals surface area contributed by atoms with Gasteiger partial charge in [-0.25, -0.2) is 0 Å². The fraction of sp³-hybridized carbons (Fsp3) is 0.500. The van der Waals surface area contributed by atoms with Crippen molar-refractivity contribution < 1.29 is 14.6 Å². The van der Waals surface area contributed by atoms with Gasteiger partial charge in [0.05, 0.1) is 20.3 Å². The second-order valence-corrected chi connectivity index (χ2v) is 3.77. The Hall–Kier alpha value is -1.26. The van der Waals surface area contributed by atoms with Crippen molar-refractivity contribution in [3.63, 3.8) is 0 Å². The van der Waals surface area contributed by atoms with Gasteiger partial charge >= 0.3 is 0 Å². The van der Waals surface area contributed by atoms with Crippen LogP contribution in [0.3, 0.4) is 0 Å². The average Bonchev–Trinajstić information content (AvgIpc) is 2.35. The van der Waals surface area contributed by atoms with Crippen molar-refractivity contribution >= 4 is 0 Å². The Labute approximate surface area is 96.0 Å². The Bertz CT molecular complexity index is 341. The largest absolute Gasteiger partial charge is 0.493 e. The lowest BCUT2D eigenvalue weighted by molar-refractivity contribution is 0.121. The Morgan fingerprint density at radius 2 is 1.88 bits per heavy atom. The van der Waals surface area contributed by atoms with Crippen LogP contribution in [0.2, 0.25) is 0 Å². The molecule has 16 heavy (non-hydrogen) atoms. The van der Waals surface area contributed by atoms with Gasteiger partial charge in [0.25, 0.3) is 0 Å². The van der Waals surface area contributed by atoms with E-state index in [9.17, 15) is 5.11 Å². The molecule has 2 unspecified atom stereocenters. The minimum atomic E-state index is -0.579. The molecule has 0 aliphatic heterocycles. The van der Waals surface area contributed by atoms with Crippen LogP contribution >= 0.6 is 0 Å². The summed E-state index contributed by atoms with van der Waals surface area (Å²) in [6.07, 6.45) is -0.579. The molecule has 0 fully saturated rings. The minimum absolute atomic E-state index is 0.0121. The van der Waals surface area contributed by atoms with Gasteiger partial charge in [0.2, 0.25) is 0 Å². The third-order valence-corrected chi connectivity index (χ3v) is 2.66. The van der Waals surface area contributed by atoms with E-state index in [-0.39, 0.29) is 5.92 Å². The third kappa shape index (κ3) is 2.65. The molecule has 4 heteroatoms. The molecule has 3 N–H and O–H groups in total. The smallest absolute Gasteiger partial charge is 0.161 e. The second-order valence-electron chi connectivity index (χ2n) is 3.77. The Balaban J connectivity index is 2.98. The number of methoxy groups -OCH3 is 2. The zero-order valence-corrected chi connectivity index (χ0v) is 9.93. The number of aliphatic hydroxyl groups is 1. The molecule has 1 aromatic carbocycles. The van der Waals surface area contributed by atoms with E-state index in [0.29, 0.717) is 18.0 Å². The zero-order chi connectivity index (χ0) is 12.1. The molecule has 0 radical (unpaired) electrons. The number of hydrogen-bond donors (Lipinski definition) is 2. The maximum absolute atomic E-state index is 10.00. The first kappa shape index (κ1) is 12.8. The summed E-state index contributed by atoms with van der Waals surface area (Å²) in [4.78, 5) is 0. The molecule has 1 aromatic rings. The van der Waals surface area contributed by atoms with Crippen molar-refractivity contribution in [1.29, 1.82) is 0 Å². The summed E-state index contributed by atoms with van der Waals surface area (Å²) in [5.74, 6) is 1.28. The van der Waals surface area contributed by atoms with Crippen LogP contribution in [-0.4, -0.2) is 25.9 Å². The first-order chi connectivity index (χ1) is 7.63. The van der Waals surface area contributed by atoms with Gasteiger partial charge in [-0.1, -0.05) is 13.0 Å². The molecule has 0 spiro atoms. The van der Waals surface area contributed by atoms with Crippen LogP contribution in [0, 0.1) is 5.92 Å². The maximum atomic E-state index is 10.00. The Morgan fingerprint density at radius 3 is 2.38 bits per heavy atom. The summed E-state index contributed by atoms with van der Waals surface area (Å²) in [6.45, 7) is 2.34. The van der Waals surface area contributed by atoms with E-state index < -0.39 is 6.10 Å². The molecule has 4 nitrogen and oxygen atoms in total. The van der Waals surface area contributed by atoms with Gasteiger partial charge in [-0.3, -0.25) is 0 Å². The third-order valence-electron chi connectivity index (χ3n) is 2.66. The monoisotopic (exact) mass is 225 g/mol. The first-order valence-electron chi connectivity index (χ1n) is 5.24. The standard InChI is InChI=1S/C12H19NO3/c1-8(7-13)12(14)9-4-5-10(15-2)11(6-9)16-3/h4-6,8,12,14H,7,13H2,1-3H3. The van der Waals surface area contributed by atoms with Gasteiger partial charge in [-0.15, -0.1) is 0 Å². The van der Waals surface area contributed by atoms with Crippen LogP contribution in [0.5, 0.6) is 11.5 Å². The molecule has 0 aliphatic carbocycles. The lowest BCUT2D eigenvalue weighted by Gasteiger charge is -2.18. The van der Waals surface area contributed by atoms with Crippen LogP contribution in [0.25, 0.3) is 0 Å². The summed E-state index contributed by atoms with van der Waals surface area (Å²) in [5, 5.41) is 10.00. The second kappa shape index (κ2) is 5.72. The predicted molar refractivity (Wildman–Crippen MR) is 62.7 cm³/mol. The highest BCUT2D eigenvalue weighted by Crippen LogP contribution is 2.31. The first-order valence-corrected chi connectivity index (χ1v) is 5.24. The molecule has 0 aliphatic rings. The van der Waals surface area contributed by atoms with Crippen LogP contribution in [-0.2, 0) is 0 Å². The molecule has 2 atom stereocenters. The van der Waals surface area contributed by atoms with Gasteiger partial charge < -0.3 is 20.3 Å². The molecule has 0 saturated heterocycles. The minimum Gasteiger partial charge on any atom is -0.493 e. The molecule has 0 saturated carbocycles. The molecule has 0 bridgehead atoms. The van der Waals surface area contributed by atoms with Gasteiger partial charge in [-0.05, 0) is 30.2 Å². The molecular weight excluding hydrogens is 206 g/mol.